The van der Waals surface area contributed by atoms with Crippen LogP contribution in [-0.4, -0.2) is 11.5 Å². The fourth-order valence-corrected chi connectivity index (χ4v) is 2.52. The summed E-state index contributed by atoms with van der Waals surface area (Å²) in [5.41, 5.74) is -0.272. The van der Waals surface area contributed by atoms with Crippen LogP contribution < -0.4 is 10.1 Å². The van der Waals surface area contributed by atoms with Crippen LogP contribution in [0.2, 0.25) is 5.02 Å². The van der Waals surface area contributed by atoms with Gasteiger partial charge < -0.3 is 10.1 Å². The Morgan fingerprint density at radius 3 is 2.33 bits per heavy atom. The van der Waals surface area contributed by atoms with Crippen molar-refractivity contribution in [1.82, 2.24) is 0 Å². The van der Waals surface area contributed by atoms with E-state index in [1.165, 1.54) is 0 Å². The molecule has 122 valence electrons. The van der Waals surface area contributed by atoms with Crippen molar-refractivity contribution >= 4 is 34.0 Å². The molecule has 1 N–H and O–H groups in total. The van der Waals surface area contributed by atoms with E-state index in [0.717, 1.165) is 16.5 Å². The van der Waals surface area contributed by atoms with E-state index in [1.54, 1.807) is 38.1 Å². The van der Waals surface area contributed by atoms with Crippen LogP contribution in [0.15, 0.2) is 66.7 Å². The summed E-state index contributed by atoms with van der Waals surface area (Å²) in [4.78, 5) is 12.6. The molecule has 0 saturated heterocycles. The maximum atomic E-state index is 12.6. The zero-order chi connectivity index (χ0) is 17.2. The Morgan fingerprint density at radius 1 is 0.958 bits per heavy atom. The number of carbonyl (C=O) groups excluding carboxylic acids is 1. The topological polar surface area (TPSA) is 38.3 Å². The first-order valence-electron chi connectivity index (χ1n) is 7.69. The number of hydrogen-bond acceptors (Lipinski definition) is 2. The fraction of sp³-hybridized carbons (Fsp3) is 0.150. The van der Waals surface area contributed by atoms with Gasteiger partial charge in [-0.2, -0.15) is 0 Å². The third kappa shape index (κ3) is 3.69. The molecule has 3 aromatic rings. The number of fused-ring (bicyclic) bond motifs is 1. The second-order valence-corrected chi connectivity index (χ2v) is 6.52. The molecule has 4 heteroatoms. The molecule has 0 aliphatic carbocycles. The van der Waals surface area contributed by atoms with Crippen LogP contribution in [0.3, 0.4) is 0 Å². The first-order chi connectivity index (χ1) is 11.4. The lowest BCUT2D eigenvalue weighted by atomic mass is 10.1. The number of amides is 1. The van der Waals surface area contributed by atoms with Crippen molar-refractivity contribution in [2.75, 3.05) is 5.32 Å². The lowest BCUT2D eigenvalue weighted by Crippen LogP contribution is -2.42. The summed E-state index contributed by atoms with van der Waals surface area (Å²) in [6, 6.07) is 20.8. The summed E-state index contributed by atoms with van der Waals surface area (Å²) < 4.78 is 5.81. The van der Waals surface area contributed by atoms with Crippen molar-refractivity contribution in [3.05, 3.63) is 71.8 Å². The number of carbonyl (C=O) groups is 1. The molecule has 0 spiro atoms. The zero-order valence-electron chi connectivity index (χ0n) is 13.5. The van der Waals surface area contributed by atoms with Crippen LogP contribution in [0.1, 0.15) is 13.8 Å². The monoisotopic (exact) mass is 339 g/mol. The van der Waals surface area contributed by atoms with E-state index in [4.69, 9.17) is 16.3 Å². The summed E-state index contributed by atoms with van der Waals surface area (Å²) in [5.74, 6) is 0.380. The Balaban J connectivity index is 1.75. The normalized spacial score (nSPS) is 11.3. The minimum atomic E-state index is -1.01. The van der Waals surface area contributed by atoms with E-state index in [9.17, 15) is 4.79 Å². The number of halogens is 1. The maximum absolute atomic E-state index is 12.6. The minimum Gasteiger partial charge on any atom is -0.478 e. The highest BCUT2D eigenvalue weighted by Gasteiger charge is 2.30. The van der Waals surface area contributed by atoms with Gasteiger partial charge in [-0.1, -0.05) is 41.9 Å². The van der Waals surface area contributed by atoms with E-state index in [0.29, 0.717) is 10.8 Å². The molecule has 3 nitrogen and oxygen atoms in total. The standard InChI is InChI=1S/C20H18ClNO2/c1-20(2,24-18-11-8-16(21)9-12-18)19(23)22-17-10-7-14-5-3-4-6-15(14)13-17/h3-13H,1-2H3,(H,22,23). The molecule has 0 bridgehead atoms. The summed E-state index contributed by atoms with van der Waals surface area (Å²) in [6.07, 6.45) is 0. The van der Waals surface area contributed by atoms with E-state index in [2.05, 4.69) is 5.32 Å². The van der Waals surface area contributed by atoms with Crippen LogP contribution in [0.5, 0.6) is 5.75 Å². The molecule has 0 atom stereocenters. The predicted octanol–water partition coefficient (Wildman–Crippen LogP) is 5.29. The fourth-order valence-electron chi connectivity index (χ4n) is 2.39. The Kier molecular flexibility index (Phi) is 4.45. The second kappa shape index (κ2) is 6.54. The van der Waals surface area contributed by atoms with Gasteiger partial charge in [0.2, 0.25) is 0 Å². The number of benzene rings is 3. The summed E-state index contributed by atoms with van der Waals surface area (Å²) in [7, 11) is 0. The number of hydrogen-bond donors (Lipinski definition) is 1. The van der Waals surface area contributed by atoms with Crippen molar-refractivity contribution in [2.24, 2.45) is 0 Å². The third-order valence-electron chi connectivity index (χ3n) is 3.74. The van der Waals surface area contributed by atoms with Gasteiger partial charge in [0.05, 0.1) is 0 Å². The molecule has 1 amide bonds. The molecular weight excluding hydrogens is 322 g/mol. The highest BCUT2D eigenvalue weighted by atomic mass is 35.5. The Labute approximate surface area is 146 Å². The number of rotatable bonds is 4. The van der Waals surface area contributed by atoms with Crippen molar-refractivity contribution < 1.29 is 9.53 Å². The van der Waals surface area contributed by atoms with E-state index in [-0.39, 0.29) is 5.91 Å². The number of anilines is 1. The molecule has 0 aromatic heterocycles. The van der Waals surface area contributed by atoms with Crippen molar-refractivity contribution in [3.8, 4) is 5.75 Å². The Bertz CT molecular complexity index is 872. The number of ether oxygens (including phenoxy) is 1. The van der Waals surface area contributed by atoms with Gasteiger partial charge in [0.15, 0.2) is 5.60 Å². The molecule has 0 unspecified atom stereocenters. The molecule has 3 rings (SSSR count). The molecule has 0 fully saturated rings. The van der Waals surface area contributed by atoms with Gasteiger partial charge in [-0.3, -0.25) is 4.79 Å². The first kappa shape index (κ1) is 16.3. The average Bonchev–Trinajstić information content (AvgIpc) is 2.56. The molecular formula is C20H18ClNO2. The quantitative estimate of drug-likeness (QED) is 0.701. The van der Waals surface area contributed by atoms with Gasteiger partial charge in [-0.15, -0.1) is 0 Å². The Morgan fingerprint density at radius 2 is 1.62 bits per heavy atom. The van der Waals surface area contributed by atoms with E-state index < -0.39 is 5.60 Å². The van der Waals surface area contributed by atoms with Gasteiger partial charge in [0.1, 0.15) is 5.75 Å². The van der Waals surface area contributed by atoms with Crippen molar-refractivity contribution in [2.45, 2.75) is 19.4 Å². The summed E-state index contributed by atoms with van der Waals surface area (Å²) >= 11 is 5.87. The Hall–Kier alpha value is -2.52. The van der Waals surface area contributed by atoms with Crippen molar-refractivity contribution in [3.63, 3.8) is 0 Å². The molecule has 24 heavy (non-hydrogen) atoms. The average molecular weight is 340 g/mol. The van der Waals surface area contributed by atoms with Crippen LogP contribution in [-0.2, 0) is 4.79 Å². The second-order valence-electron chi connectivity index (χ2n) is 6.08. The molecule has 0 aliphatic heterocycles. The predicted molar refractivity (Wildman–Crippen MR) is 98.7 cm³/mol. The SMILES string of the molecule is CC(C)(Oc1ccc(Cl)cc1)C(=O)Nc1ccc2ccccc2c1. The summed E-state index contributed by atoms with van der Waals surface area (Å²) in [6.45, 7) is 3.47. The largest absolute Gasteiger partial charge is 0.478 e. The molecule has 0 heterocycles. The summed E-state index contributed by atoms with van der Waals surface area (Å²) in [5, 5.41) is 5.75. The lowest BCUT2D eigenvalue weighted by molar-refractivity contribution is -0.128. The van der Waals surface area contributed by atoms with Gasteiger partial charge in [-0.05, 0) is 61.0 Å². The van der Waals surface area contributed by atoms with Crippen molar-refractivity contribution in [1.29, 1.82) is 0 Å². The highest BCUT2D eigenvalue weighted by Crippen LogP contribution is 2.23. The van der Waals surface area contributed by atoms with Crippen LogP contribution in [0, 0.1) is 0 Å². The van der Waals surface area contributed by atoms with Crippen LogP contribution >= 0.6 is 11.6 Å². The van der Waals surface area contributed by atoms with Gasteiger partial charge in [0.25, 0.3) is 5.91 Å². The lowest BCUT2D eigenvalue weighted by Gasteiger charge is -2.25. The zero-order valence-corrected chi connectivity index (χ0v) is 14.3. The first-order valence-corrected chi connectivity index (χ1v) is 8.07. The highest BCUT2D eigenvalue weighted by molar-refractivity contribution is 6.30. The van der Waals surface area contributed by atoms with Gasteiger partial charge >= 0.3 is 0 Å². The van der Waals surface area contributed by atoms with Crippen LogP contribution in [0.25, 0.3) is 10.8 Å². The van der Waals surface area contributed by atoms with Gasteiger partial charge in [-0.25, -0.2) is 0 Å². The van der Waals surface area contributed by atoms with Gasteiger partial charge in [0, 0.05) is 10.7 Å². The third-order valence-corrected chi connectivity index (χ3v) is 3.99. The molecule has 3 aromatic carbocycles. The maximum Gasteiger partial charge on any atom is 0.267 e. The van der Waals surface area contributed by atoms with E-state index in [1.807, 2.05) is 42.5 Å². The minimum absolute atomic E-state index is 0.215. The number of nitrogens with one attached hydrogen (secondary N) is 1. The van der Waals surface area contributed by atoms with Crippen LogP contribution in [0.4, 0.5) is 5.69 Å². The molecule has 0 aliphatic rings. The van der Waals surface area contributed by atoms with E-state index >= 15 is 0 Å². The molecule has 0 saturated carbocycles. The smallest absolute Gasteiger partial charge is 0.267 e. The molecule has 0 radical (unpaired) electrons.